The lowest BCUT2D eigenvalue weighted by atomic mass is 9.97. The lowest BCUT2D eigenvalue weighted by Crippen LogP contribution is -2.40. The molecule has 0 N–H and O–H groups in total. The molecule has 0 atom stereocenters. The van der Waals surface area contributed by atoms with Crippen molar-refractivity contribution in [2.24, 2.45) is 5.92 Å². The molecule has 2 aromatic heterocycles. The Balaban J connectivity index is 1.72. The monoisotopic (exact) mass is 305 g/mol. The Labute approximate surface area is 126 Å². The Morgan fingerprint density at radius 3 is 2.68 bits per heavy atom. The van der Waals surface area contributed by atoms with E-state index >= 15 is 0 Å². The maximum Gasteiger partial charge on any atom is 0.308 e. The molecule has 0 unspecified atom stereocenters. The Kier molecular flexibility index (Phi) is 3.79. The van der Waals surface area contributed by atoms with Gasteiger partial charge in [-0.05, 0) is 25.0 Å². The summed E-state index contributed by atoms with van der Waals surface area (Å²) < 4.78 is 19.4. The number of carbonyl (C=O) groups excluding carboxylic acids is 2. The van der Waals surface area contributed by atoms with Crippen molar-refractivity contribution < 1.29 is 18.7 Å². The summed E-state index contributed by atoms with van der Waals surface area (Å²) in [6.45, 7) is 0.974. The van der Waals surface area contributed by atoms with Gasteiger partial charge in [0.1, 0.15) is 17.2 Å². The SMILES string of the molecule is COC(=O)C1CCN(C(=O)c2cn3cc(F)ccc3n2)CC1. The molecule has 0 saturated carbocycles. The maximum atomic E-state index is 13.2. The number of ether oxygens (including phenoxy) is 1. The number of fused-ring (bicyclic) bond motifs is 1. The van der Waals surface area contributed by atoms with Gasteiger partial charge < -0.3 is 14.0 Å². The lowest BCUT2D eigenvalue weighted by molar-refractivity contribution is -0.146. The molecule has 116 valence electrons. The van der Waals surface area contributed by atoms with Gasteiger partial charge in [0.15, 0.2) is 0 Å². The third-order valence-corrected chi connectivity index (χ3v) is 3.95. The van der Waals surface area contributed by atoms with Crippen LogP contribution in [0.4, 0.5) is 4.39 Å². The molecule has 0 aromatic carbocycles. The van der Waals surface area contributed by atoms with Crippen molar-refractivity contribution >= 4 is 17.5 Å². The van der Waals surface area contributed by atoms with E-state index in [2.05, 4.69) is 4.98 Å². The molecule has 1 saturated heterocycles. The Hall–Kier alpha value is -2.44. The predicted molar refractivity (Wildman–Crippen MR) is 75.8 cm³/mol. The fourth-order valence-corrected chi connectivity index (χ4v) is 2.71. The number of nitrogens with zero attached hydrogens (tertiary/aromatic N) is 3. The van der Waals surface area contributed by atoms with Gasteiger partial charge in [0, 0.05) is 25.5 Å². The number of carbonyl (C=O) groups is 2. The number of esters is 1. The third kappa shape index (κ3) is 2.66. The Bertz CT molecular complexity index is 720. The van der Waals surface area contributed by atoms with Crippen LogP contribution in [0, 0.1) is 11.7 Å². The van der Waals surface area contributed by atoms with Crippen molar-refractivity contribution in [2.45, 2.75) is 12.8 Å². The normalized spacial score (nSPS) is 16.0. The fraction of sp³-hybridized carbons (Fsp3) is 0.400. The van der Waals surface area contributed by atoms with E-state index in [0.29, 0.717) is 31.6 Å². The van der Waals surface area contributed by atoms with Crippen LogP contribution in [-0.4, -0.2) is 46.4 Å². The highest BCUT2D eigenvalue weighted by Gasteiger charge is 2.29. The molecule has 2 aromatic rings. The minimum atomic E-state index is -0.386. The van der Waals surface area contributed by atoms with E-state index in [1.54, 1.807) is 4.90 Å². The molecule has 1 fully saturated rings. The summed E-state index contributed by atoms with van der Waals surface area (Å²) >= 11 is 0. The molecule has 0 spiro atoms. The van der Waals surface area contributed by atoms with Crippen molar-refractivity contribution in [3.05, 3.63) is 36.0 Å². The number of hydrogen-bond donors (Lipinski definition) is 0. The molecular formula is C15H16FN3O3. The summed E-state index contributed by atoms with van der Waals surface area (Å²) in [7, 11) is 1.37. The number of amides is 1. The van der Waals surface area contributed by atoms with E-state index in [1.807, 2.05) is 0 Å². The standard InChI is InChI=1S/C15H16FN3O3/c1-22-15(21)10-4-6-18(7-5-10)14(20)12-9-19-8-11(16)2-3-13(19)17-12/h2-3,8-10H,4-7H2,1H3. The second-order valence-electron chi connectivity index (χ2n) is 5.33. The summed E-state index contributed by atoms with van der Waals surface area (Å²) in [5.41, 5.74) is 0.802. The van der Waals surface area contributed by atoms with E-state index in [0.717, 1.165) is 0 Å². The van der Waals surface area contributed by atoms with Gasteiger partial charge in [0.05, 0.1) is 13.0 Å². The van der Waals surface area contributed by atoms with Crippen molar-refractivity contribution in [1.82, 2.24) is 14.3 Å². The van der Waals surface area contributed by atoms with Gasteiger partial charge in [-0.3, -0.25) is 9.59 Å². The smallest absolute Gasteiger partial charge is 0.308 e. The average molecular weight is 305 g/mol. The molecule has 1 amide bonds. The molecule has 3 heterocycles. The molecule has 1 aliphatic rings. The first-order valence-corrected chi connectivity index (χ1v) is 7.10. The molecule has 0 aliphatic carbocycles. The number of rotatable bonds is 2. The van der Waals surface area contributed by atoms with Crippen molar-refractivity contribution in [3.63, 3.8) is 0 Å². The second kappa shape index (κ2) is 5.75. The highest BCUT2D eigenvalue weighted by molar-refractivity contribution is 5.93. The topological polar surface area (TPSA) is 63.9 Å². The summed E-state index contributed by atoms with van der Waals surface area (Å²) in [5.74, 6) is -0.963. The predicted octanol–water partition coefficient (Wildman–Crippen LogP) is 1.50. The van der Waals surface area contributed by atoms with E-state index in [1.165, 1.54) is 36.0 Å². The van der Waals surface area contributed by atoms with Gasteiger partial charge >= 0.3 is 5.97 Å². The fourth-order valence-electron chi connectivity index (χ4n) is 2.71. The number of piperidine rings is 1. The summed E-state index contributed by atoms with van der Waals surface area (Å²) in [5, 5.41) is 0. The van der Waals surface area contributed by atoms with Crippen LogP contribution in [0.25, 0.3) is 5.65 Å². The van der Waals surface area contributed by atoms with Gasteiger partial charge in [0.2, 0.25) is 0 Å². The number of aromatic nitrogens is 2. The number of methoxy groups -OCH3 is 1. The third-order valence-electron chi connectivity index (χ3n) is 3.95. The Morgan fingerprint density at radius 2 is 2.00 bits per heavy atom. The molecule has 6 nitrogen and oxygen atoms in total. The van der Waals surface area contributed by atoms with Crippen LogP contribution in [-0.2, 0) is 9.53 Å². The first-order chi connectivity index (χ1) is 10.6. The largest absolute Gasteiger partial charge is 0.469 e. The lowest BCUT2D eigenvalue weighted by Gasteiger charge is -2.30. The minimum absolute atomic E-state index is 0.149. The van der Waals surface area contributed by atoms with Crippen LogP contribution in [0.15, 0.2) is 24.5 Å². The van der Waals surface area contributed by atoms with Gasteiger partial charge in [-0.2, -0.15) is 0 Å². The van der Waals surface area contributed by atoms with Gasteiger partial charge in [-0.25, -0.2) is 9.37 Å². The van der Waals surface area contributed by atoms with E-state index < -0.39 is 0 Å². The average Bonchev–Trinajstić information content (AvgIpc) is 2.96. The van der Waals surface area contributed by atoms with Crippen LogP contribution in [0.5, 0.6) is 0 Å². The summed E-state index contributed by atoms with van der Waals surface area (Å²) in [6, 6.07) is 2.83. The van der Waals surface area contributed by atoms with Crippen molar-refractivity contribution in [3.8, 4) is 0 Å². The first-order valence-electron chi connectivity index (χ1n) is 7.10. The minimum Gasteiger partial charge on any atom is -0.469 e. The van der Waals surface area contributed by atoms with Gasteiger partial charge in [-0.1, -0.05) is 0 Å². The summed E-state index contributed by atoms with van der Waals surface area (Å²) in [6.07, 6.45) is 3.97. The summed E-state index contributed by atoms with van der Waals surface area (Å²) in [4.78, 5) is 29.8. The molecule has 0 bridgehead atoms. The van der Waals surface area contributed by atoms with Crippen molar-refractivity contribution in [2.75, 3.05) is 20.2 Å². The molecule has 0 radical (unpaired) electrons. The van der Waals surface area contributed by atoms with Crippen LogP contribution in [0.2, 0.25) is 0 Å². The number of pyridine rings is 1. The van der Waals surface area contributed by atoms with Crippen LogP contribution in [0.3, 0.4) is 0 Å². The van der Waals surface area contributed by atoms with Crippen LogP contribution >= 0.6 is 0 Å². The van der Waals surface area contributed by atoms with E-state index in [-0.39, 0.29) is 29.3 Å². The quantitative estimate of drug-likeness (QED) is 0.789. The van der Waals surface area contributed by atoms with Crippen LogP contribution < -0.4 is 0 Å². The zero-order valence-electron chi connectivity index (χ0n) is 12.2. The highest BCUT2D eigenvalue weighted by Crippen LogP contribution is 2.20. The number of halogens is 1. The van der Waals surface area contributed by atoms with E-state index in [4.69, 9.17) is 4.74 Å². The number of imidazole rings is 1. The maximum absolute atomic E-state index is 13.2. The molecule has 22 heavy (non-hydrogen) atoms. The van der Waals surface area contributed by atoms with Gasteiger partial charge in [-0.15, -0.1) is 0 Å². The molecular weight excluding hydrogens is 289 g/mol. The molecule has 1 aliphatic heterocycles. The number of hydrogen-bond acceptors (Lipinski definition) is 4. The zero-order valence-corrected chi connectivity index (χ0v) is 12.2. The second-order valence-corrected chi connectivity index (χ2v) is 5.33. The molecule has 7 heteroatoms. The highest BCUT2D eigenvalue weighted by atomic mass is 19.1. The van der Waals surface area contributed by atoms with Crippen LogP contribution in [0.1, 0.15) is 23.3 Å². The van der Waals surface area contributed by atoms with Gasteiger partial charge in [0.25, 0.3) is 5.91 Å². The number of likely N-dealkylation sites (tertiary alicyclic amines) is 1. The zero-order chi connectivity index (χ0) is 15.7. The van der Waals surface area contributed by atoms with Crippen molar-refractivity contribution in [1.29, 1.82) is 0 Å². The first kappa shape index (κ1) is 14.5. The Morgan fingerprint density at radius 1 is 1.27 bits per heavy atom. The van der Waals surface area contributed by atoms with E-state index in [9.17, 15) is 14.0 Å². The molecule has 3 rings (SSSR count).